The molecule has 0 aliphatic rings. The van der Waals surface area contributed by atoms with Crippen LogP contribution in [-0.4, -0.2) is 47.4 Å². The van der Waals surface area contributed by atoms with E-state index >= 15 is 0 Å². The second-order valence-electron chi connectivity index (χ2n) is 4.63. The summed E-state index contributed by atoms with van der Waals surface area (Å²) in [6.45, 7) is 3.16. The number of rotatable bonds is 8. The molecule has 1 aromatic carbocycles. The third-order valence-corrected chi connectivity index (χ3v) is 4.86. The highest BCUT2D eigenvalue weighted by molar-refractivity contribution is 7.89. The lowest BCUT2D eigenvalue weighted by atomic mass is 10.2. The third-order valence-electron chi connectivity index (χ3n) is 3.16. The van der Waals surface area contributed by atoms with Crippen molar-refractivity contribution in [2.75, 3.05) is 38.0 Å². The number of ether oxygens (including phenoxy) is 2. The summed E-state index contributed by atoms with van der Waals surface area (Å²) in [6, 6.07) is 3.12. The SMILES string of the molecule is CCS(=O)(=O)NCCN(C(C)=O)c1cc(OC)c(Cl)cc1OC. The number of carbonyl (C=O) groups excluding carboxylic acids is 1. The fourth-order valence-corrected chi connectivity index (χ4v) is 2.76. The van der Waals surface area contributed by atoms with Crippen molar-refractivity contribution < 1.29 is 22.7 Å². The van der Waals surface area contributed by atoms with Crippen molar-refractivity contribution in [3.63, 3.8) is 0 Å². The van der Waals surface area contributed by atoms with E-state index in [-0.39, 0.29) is 24.7 Å². The molecule has 0 atom stereocenters. The number of anilines is 1. The molecule has 0 bridgehead atoms. The lowest BCUT2D eigenvalue weighted by Crippen LogP contribution is -2.38. The normalized spacial score (nSPS) is 11.2. The minimum absolute atomic E-state index is 0.0227. The van der Waals surface area contributed by atoms with Gasteiger partial charge in [-0.2, -0.15) is 0 Å². The summed E-state index contributed by atoms with van der Waals surface area (Å²) in [4.78, 5) is 13.3. The van der Waals surface area contributed by atoms with Crippen molar-refractivity contribution >= 4 is 33.2 Å². The van der Waals surface area contributed by atoms with Crippen molar-refractivity contribution in [3.8, 4) is 11.5 Å². The van der Waals surface area contributed by atoms with Gasteiger partial charge in [-0.1, -0.05) is 11.6 Å². The molecule has 0 radical (unpaired) electrons. The number of amides is 1. The molecule has 0 heterocycles. The Morgan fingerprint density at radius 3 is 2.35 bits per heavy atom. The van der Waals surface area contributed by atoms with E-state index < -0.39 is 10.0 Å². The smallest absolute Gasteiger partial charge is 0.224 e. The van der Waals surface area contributed by atoms with Crippen LogP contribution in [0.2, 0.25) is 5.02 Å². The van der Waals surface area contributed by atoms with Gasteiger partial charge >= 0.3 is 0 Å². The molecule has 0 saturated heterocycles. The number of methoxy groups -OCH3 is 2. The largest absolute Gasteiger partial charge is 0.495 e. The number of sulfonamides is 1. The molecule has 130 valence electrons. The van der Waals surface area contributed by atoms with Gasteiger partial charge in [-0.3, -0.25) is 4.79 Å². The molecule has 0 aliphatic carbocycles. The highest BCUT2D eigenvalue weighted by Crippen LogP contribution is 2.38. The number of nitrogens with one attached hydrogen (secondary N) is 1. The zero-order chi connectivity index (χ0) is 17.6. The molecule has 1 N–H and O–H groups in total. The van der Waals surface area contributed by atoms with Gasteiger partial charge in [0.05, 0.1) is 30.7 Å². The zero-order valence-electron chi connectivity index (χ0n) is 13.6. The first kappa shape index (κ1) is 19.5. The number of carbonyl (C=O) groups is 1. The predicted molar refractivity (Wildman–Crippen MR) is 90.0 cm³/mol. The van der Waals surface area contributed by atoms with Gasteiger partial charge in [-0.15, -0.1) is 0 Å². The van der Waals surface area contributed by atoms with Crippen LogP contribution in [-0.2, 0) is 14.8 Å². The minimum atomic E-state index is -3.32. The average Bonchev–Trinajstić information content (AvgIpc) is 2.51. The number of benzene rings is 1. The molecule has 0 unspecified atom stereocenters. The fourth-order valence-electron chi connectivity index (χ4n) is 1.92. The maximum absolute atomic E-state index is 11.9. The molecule has 1 aromatic rings. The number of nitrogens with zero attached hydrogens (tertiary/aromatic N) is 1. The summed E-state index contributed by atoms with van der Waals surface area (Å²) in [5, 5.41) is 0.350. The molecule has 0 aromatic heterocycles. The maximum Gasteiger partial charge on any atom is 0.224 e. The molecule has 0 aliphatic heterocycles. The van der Waals surface area contributed by atoms with Crippen LogP contribution in [0.5, 0.6) is 11.5 Å². The van der Waals surface area contributed by atoms with Crippen LogP contribution in [0.4, 0.5) is 5.69 Å². The highest BCUT2D eigenvalue weighted by Gasteiger charge is 2.19. The van der Waals surface area contributed by atoms with Crippen LogP contribution >= 0.6 is 11.6 Å². The molecular weight excluding hydrogens is 344 g/mol. The van der Waals surface area contributed by atoms with Gasteiger partial charge in [0.1, 0.15) is 11.5 Å². The van der Waals surface area contributed by atoms with Crippen LogP contribution in [0.25, 0.3) is 0 Å². The Morgan fingerprint density at radius 2 is 1.87 bits per heavy atom. The lowest BCUT2D eigenvalue weighted by molar-refractivity contribution is -0.116. The molecule has 23 heavy (non-hydrogen) atoms. The van der Waals surface area contributed by atoms with E-state index in [1.807, 2.05) is 0 Å². The fraction of sp³-hybridized carbons (Fsp3) is 0.500. The number of halogens is 1. The monoisotopic (exact) mass is 364 g/mol. The van der Waals surface area contributed by atoms with E-state index in [1.165, 1.54) is 33.0 Å². The Balaban J connectivity index is 3.08. The Hall–Kier alpha value is -1.51. The van der Waals surface area contributed by atoms with Gasteiger partial charge < -0.3 is 14.4 Å². The van der Waals surface area contributed by atoms with E-state index in [4.69, 9.17) is 21.1 Å². The molecular formula is C14H21ClN2O5S. The van der Waals surface area contributed by atoms with E-state index in [2.05, 4.69) is 4.72 Å². The quantitative estimate of drug-likeness (QED) is 0.758. The zero-order valence-corrected chi connectivity index (χ0v) is 15.1. The first-order valence-electron chi connectivity index (χ1n) is 6.92. The first-order valence-corrected chi connectivity index (χ1v) is 8.95. The van der Waals surface area contributed by atoms with Gasteiger partial charge in [-0.05, 0) is 6.92 Å². The standard InChI is InChI=1S/C14H21ClN2O5S/c1-5-23(19,20)16-6-7-17(10(2)18)12-9-13(21-3)11(15)8-14(12)22-4/h8-9,16H,5-7H2,1-4H3. The Kier molecular flexibility index (Phi) is 7.11. The first-order chi connectivity index (χ1) is 10.8. The summed E-state index contributed by atoms with van der Waals surface area (Å²) < 4.78 is 35.8. The topological polar surface area (TPSA) is 84.9 Å². The van der Waals surface area contributed by atoms with Crippen molar-refractivity contribution in [3.05, 3.63) is 17.2 Å². The van der Waals surface area contributed by atoms with Crippen LogP contribution in [0, 0.1) is 0 Å². The molecule has 0 spiro atoms. The van der Waals surface area contributed by atoms with Gasteiger partial charge in [-0.25, -0.2) is 13.1 Å². The van der Waals surface area contributed by atoms with E-state index in [0.29, 0.717) is 22.2 Å². The van der Waals surface area contributed by atoms with Crippen LogP contribution < -0.4 is 19.1 Å². The predicted octanol–water partition coefficient (Wildman–Crippen LogP) is 1.65. The second kappa shape index (κ2) is 8.37. The average molecular weight is 365 g/mol. The minimum Gasteiger partial charge on any atom is -0.495 e. The van der Waals surface area contributed by atoms with E-state index in [9.17, 15) is 13.2 Å². The van der Waals surface area contributed by atoms with Crippen LogP contribution in [0.1, 0.15) is 13.8 Å². The Morgan fingerprint density at radius 1 is 1.26 bits per heavy atom. The summed E-state index contributed by atoms with van der Waals surface area (Å²) in [7, 11) is -0.402. The highest BCUT2D eigenvalue weighted by atomic mass is 35.5. The van der Waals surface area contributed by atoms with Gasteiger partial charge in [0.15, 0.2) is 0 Å². The molecule has 0 saturated carbocycles. The van der Waals surface area contributed by atoms with Crippen LogP contribution in [0.3, 0.4) is 0 Å². The molecule has 1 amide bonds. The van der Waals surface area contributed by atoms with Crippen LogP contribution in [0.15, 0.2) is 12.1 Å². The van der Waals surface area contributed by atoms with E-state index in [0.717, 1.165) is 0 Å². The Labute approximate surface area is 141 Å². The second-order valence-corrected chi connectivity index (χ2v) is 7.13. The molecule has 1 rings (SSSR count). The van der Waals surface area contributed by atoms with Crippen molar-refractivity contribution in [2.45, 2.75) is 13.8 Å². The summed E-state index contributed by atoms with van der Waals surface area (Å²) >= 11 is 6.05. The number of hydrogen-bond donors (Lipinski definition) is 1. The summed E-state index contributed by atoms with van der Waals surface area (Å²) in [5.41, 5.74) is 0.456. The molecule has 9 heteroatoms. The van der Waals surface area contributed by atoms with Gasteiger partial charge in [0, 0.05) is 32.1 Å². The van der Waals surface area contributed by atoms with Crippen molar-refractivity contribution in [1.82, 2.24) is 4.72 Å². The van der Waals surface area contributed by atoms with Crippen molar-refractivity contribution in [1.29, 1.82) is 0 Å². The van der Waals surface area contributed by atoms with Crippen molar-refractivity contribution in [2.24, 2.45) is 0 Å². The molecule has 0 fully saturated rings. The maximum atomic E-state index is 11.9. The van der Waals surface area contributed by atoms with E-state index in [1.54, 1.807) is 12.1 Å². The lowest BCUT2D eigenvalue weighted by Gasteiger charge is -2.24. The summed E-state index contributed by atoms with van der Waals surface area (Å²) in [6.07, 6.45) is 0. The van der Waals surface area contributed by atoms with Gasteiger partial charge in [0.2, 0.25) is 15.9 Å². The third kappa shape index (κ3) is 5.26. The van der Waals surface area contributed by atoms with Gasteiger partial charge in [0.25, 0.3) is 0 Å². The molecule has 7 nitrogen and oxygen atoms in total. The Bertz CT molecular complexity index is 663. The summed E-state index contributed by atoms with van der Waals surface area (Å²) in [5.74, 6) is 0.501. The number of hydrogen-bond acceptors (Lipinski definition) is 5.